The van der Waals surface area contributed by atoms with Gasteiger partial charge in [0.25, 0.3) is 0 Å². The monoisotopic (exact) mass is 322 g/mol. The Balaban J connectivity index is 2.06. The maximum Gasteiger partial charge on any atom is 0.182 e. The first-order valence-corrected chi connectivity index (χ1v) is 7.07. The molecule has 1 unspecified atom stereocenters. The molecule has 1 aromatic carbocycles. The van der Waals surface area contributed by atoms with Gasteiger partial charge in [-0.05, 0) is 31.5 Å². The number of aromatic amines is 1. The van der Waals surface area contributed by atoms with Crippen molar-refractivity contribution >= 4 is 23.2 Å². The van der Waals surface area contributed by atoms with Crippen LogP contribution in [0.3, 0.4) is 0 Å². The summed E-state index contributed by atoms with van der Waals surface area (Å²) >= 11 is 11.9. The third-order valence-electron chi connectivity index (χ3n) is 3.17. The lowest BCUT2D eigenvalue weighted by molar-refractivity contribution is 0.565. The predicted molar refractivity (Wildman–Crippen MR) is 80.4 cm³/mol. The normalized spacial score (nSPS) is 12.6. The maximum atomic E-state index is 6.02. The highest BCUT2D eigenvalue weighted by Crippen LogP contribution is 2.27. The van der Waals surface area contributed by atoms with Gasteiger partial charge in [0.2, 0.25) is 0 Å². The Bertz CT molecular complexity index is 761. The highest BCUT2D eigenvalue weighted by molar-refractivity contribution is 6.31. The fourth-order valence-electron chi connectivity index (χ4n) is 2.10. The number of nitrogens with one attached hydrogen (secondary N) is 1. The van der Waals surface area contributed by atoms with Gasteiger partial charge in [-0.1, -0.05) is 35.3 Å². The van der Waals surface area contributed by atoms with Gasteiger partial charge in [-0.15, -0.1) is 5.10 Å². The number of aryl methyl sites for hydroxylation is 1. The van der Waals surface area contributed by atoms with Gasteiger partial charge >= 0.3 is 0 Å². The lowest BCUT2D eigenvalue weighted by Gasteiger charge is -2.14. The summed E-state index contributed by atoms with van der Waals surface area (Å²) in [5.41, 5.74) is 1.54. The van der Waals surface area contributed by atoms with Crippen molar-refractivity contribution in [1.29, 1.82) is 0 Å². The molecule has 1 N–H and O–H groups in total. The summed E-state index contributed by atoms with van der Waals surface area (Å²) in [5, 5.41) is 15.7. The number of nitrogens with zero attached hydrogens (tertiary/aromatic N) is 5. The van der Waals surface area contributed by atoms with E-state index in [1.54, 1.807) is 4.68 Å². The number of benzene rings is 1. The molecule has 0 amide bonds. The highest BCUT2D eigenvalue weighted by Gasteiger charge is 2.21. The quantitative estimate of drug-likeness (QED) is 0.803. The van der Waals surface area contributed by atoms with Crippen LogP contribution in [0.5, 0.6) is 0 Å². The van der Waals surface area contributed by atoms with Crippen LogP contribution in [0.2, 0.25) is 10.2 Å². The molecule has 0 saturated carbocycles. The number of aromatic nitrogens is 6. The van der Waals surface area contributed by atoms with Gasteiger partial charge < -0.3 is 0 Å². The average Bonchev–Trinajstić information content (AvgIpc) is 3.04. The topological polar surface area (TPSA) is 72.3 Å². The third kappa shape index (κ3) is 2.64. The fourth-order valence-corrected chi connectivity index (χ4v) is 2.39. The Labute approximate surface area is 131 Å². The zero-order valence-electron chi connectivity index (χ0n) is 11.4. The van der Waals surface area contributed by atoms with Crippen LogP contribution >= 0.6 is 23.2 Å². The van der Waals surface area contributed by atoms with Crippen molar-refractivity contribution in [1.82, 2.24) is 30.2 Å². The second kappa shape index (κ2) is 5.46. The van der Waals surface area contributed by atoms with Crippen LogP contribution in [0, 0.1) is 6.92 Å². The molecule has 108 valence electrons. The van der Waals surface area contributed by atoms with Crippen LogP contribution < -0.4 is 0 Å². The second-order valence-electron chi connectivity index (χ2n) is 4.62. The van der Waals surface area contributed by atoms with Crippen LogP contribution in [0.4, 0.5) is 0 Å². The van der Waals surface area contributed by atoms with Gasteiger partial charge in [-0.25, -0.2) is 9.67 Å². The van der Waals surface area contributed by atoms with Crippen LogP contribution in [0.15, 0.2) is 24.3 Å². The molecule has 0 aliphatic heterocycles. The van der Waals surface area contributed by atoms with Gasteiger partial charge in [0.1, 0.15) is 5.82 Å². The molecule has 2 heterocycles. The molecular weight excluding hydrogens is 311 g/mol. The molecule has 0 bridgehead atoms. The van der Waals surface area contributed by atoms with E-state index in [-0.39, 0.29) is 11.2 Å². The Morgan fingerprint density at radius 2 is 1.86 bits per heavy atom. The molecule has 0 aliphatic rings. The molecule has 2 aromatic heterocycles. The fraction of sp³-hybridized carbons (Fsp3) is 0.231. The molecule has 8 heteroatoms. The van der Waals surface area contributed by atoms with Gasteiger partial charge in [-0.3, -0.25) is 0 Å². The van der Waals surface area contributed by atoms with E-state index in [0.717, 1.165) is 5.56 Å². The lowest BCUT2D eigenvalue weighted by Crippen LogP contribution is -2.10. The first-order chi connectivity index (χ1) is 10.1. The lowest BCUT2D eigenvalue weighted by atomic mass is 10.1. The molecular formula is C13H12Cl2N6. The SMILES string of the molecule is Cc1nc(-c2n[nH]nc2Cl)n(C(C)c2ccc(Cl)cc2)n1. The summed E-state index contributed by atoms with van der Waals surface area (Å²) in [6.45, 7) is 3.84. The standard InChI is InChI=1S/C13H12Cl2N6/c1-7(9-3-5-10(14)6-4-9)21-13(16-8(2)19-21)11-12(15)18-20-17-11/h3-7H,1-2H3,(H,17,18,20). The summed E-state index contributed by atoms with van der Waals surface area (Å²) in [6, 6.07) is 7.57. The first kappa shape index (κ1) is 14.0. The molecule has 0 spiro atoms. The largest absolute Gasteiger partial charge is 0.237 e. The summed E-state index contributed by atoms with van der Waals surface area (Å²) in [4.78, 5) is 4.40. The van der Waals surface area contributed by atoms with Crippen LogP contribution in [0.1, 0.15) is 24.4 Å². The second-order valence-corrected chi connectivity index (χ2v) is 5.41. The molecule has 3 aromatic rings. The van der Waals surface area contributed by atoms with E-state index >= 15 is 0 Å². The van der Waals surface area contributed by atoms with Crippen molar-refractivity contribution in [2.24, 2.45) is 0 Å². The van der Waals surface area contributed by atoms with E-state index in [1.807, 2.05) is 38.1 Å². The van der Waals surface area contributed by atoms with E-state index in [2.05, 4.69) is 25.5 Å². The number of halogens is 2. The minimum absolute atomic E-state index is 0.0359. The zero-order valence-corrected chi connectivity index (χ0v) is 12.9. The van der Waals surface area contributed by atoms with Crippen molar-refractivity contribution in [3.63, 3.8) is 0 Å². The Morgan fingerprint density at radius 3 is 2.48 bits per heavy atom. The van der Waals surface area contributed by atoms with Gasteiger partial charge in [-0.2, -0.15) is 15.4 Å². The predicted octanol–water partition coefficient (Wildman–Crippen LogP) is 3.29. The van der Waals surface area contributed by atoms with E-state index in [4.69, 9.17) is 23.2 Å². The summed E-state index contributed by atoms with van der Waals surface area (Å²) in [5.74, 6) is 1.22. The number of H-pyrrole nitrogens is 1. The van der Waals surface area contributed by atoms with E-state index in [9.17, 15) is 0 Å². The Hall–Kier alpha value is -1.92. The molecule has 1 atom stereocenters. The Kier molecular flexibility index (Phi) is 3.65. The van der Waals surface area contributed by atoms with Crippen molar-refractivity contribution in [3.05, 3.63) is 45.8 Å². The third-order valence-corrected chi connectivity index (χ3v) is 3.69. The summed E-state index contributed by atoms with van der Waals surface area (Å²) < 4.78 is 1.78. The van der Waals surface area contributed by atoms with E-state index in [1.165, 1.54) is 0 Å². The number of hydrogen-bond acceptors (Lipinski definition) is 4. The summed E-state index contributed by atoms with van der Waals surface area (Å²) in [6.07, 6.45) is 0. The van der Waals surface area contributed by atoms with Crippen molar-refractivity contribution in [3.8, 4) is 11.5 Å². The average molecular weight is 323 g/mol. The van der Waals surface area contributed by atoms with Crippen molar-refractivity contribution in [2.75, 3.05) is 0 Å². The molecule has 0 aliphatic carbocycles. The Morgan fingerprint density at radius 1 is 1.14 bits per heavy atom. The summed E-state index contributed by atoms with van der Waals surface area (Å²) in [7, 11) is 0. The minimum atomic E-state index is -0.0359. The van der Waals surface area contributed by atoms with Gasteiger partial charge in [0, 0.05) is 5.02 Å². The number of hydrogen-bond donors (Lipinski definition) is 1. The molecule has 21 heavy (non-hydrogen) atoms. The molecule has 0 fully saturated rings. The first-order valence-electron chi connectivity index (χ1n) is 6.31. The van der Waals surface area contributed by atoms with E-state index < -0.39 is 0 Å². The van der Waals surface area contributed by atoms with E-state index in [0.29, 0.717) is 22.4 Å². The molecule has 3 rings (SSSR count). The van der Waals surface area contributed by atoms with Crippen LogP contribution in [-0.4, -0.2) is 30.2 Å². The zero-order chi connectivity index (χ0) is 15.0. The van der Waals surface area contributed by atoms with Gasteiger partial charge in [0.15, 0.2) is 16.7 Å². The molecule has 0 saturated heterocycles. The van der Waals surface area contributed by atoms with Crippen molar-refractivity contribution in [2.45, 2.75) is 19.9 Å². The molecule has 6 nitrogen and oxygen atoms in total. The minimum Gasteiger partial charge on any atom is -0.237 e. The van der Waals surface area contributed by atoms with Crippen LogP contribution in [-0.2, 0) is 0 Å². The smallest absolute Gasteiger partial charge is 0.182 e. The van der Waals surface area contributed by atoms with Crippen LogP contribution in [0.25, 0.3) is 11.5 Å². The number of rotatable bonds is 3. The molecule has 0 radical (unpaired) electrons. The van der Waals surface area contributed by atoms with Gasteiger partial charge in [0.05, 0.1) is 6.04 Å². The van der Waals surface area contributed by atoms with Crippen molar-refractivity contribution < 1.29 is 0 Å². The maximum absolute atomic E-state index is 6.02. The highest BCUT2D eigenvalue weighted by atomic mass is 35.5.